The molecular weight excluding hydrogens is 410 g/mol. The third kappa shape index (κ3) is 5.39. The Balaban J connectivity index is 2.80. The summed E-state index contributed by atoms with van der Waals surface area (Å²) in [5.74, 6) is -3.31. The highest BCUT2D eigenvalue weighted by molar-refractivity contribution is 6.07. The molecule has 2 rings (SSSR count). The Morgan fingerprint density at radius 1 is 0.844 bits per heavy atom. The molecule has 32 heavy (non-hydrogen) atoms. The molecule has 0 atom stereocenters. The molecule has 1 aliphatic heterocycles. The molecule has 0 N–H and O–H groups in total. The highest BCUT2D eigenvalue weighted by Crippen LogP contribution is 2.40. The number of aryl methyl sites for hydroxylation is 1. The number of ether oxygens (including phenoxy) is 3. The normalized spacial score (nSPS) is 15.1. The summed E-state index contributed by atoms with van der Waals surface area (Å²) in [6.07, 6.45) is 0. The van der Waals surface area contributed by atoms with E-state index in [0.717, 1.165) is 11.3 Å². The van der Waals surface area contributed by atoms with Crippen LogP contribution in [0.3, 0.4) is 0 Å². The van der Waals surface area contributed by atoms with Gasteiger partial charge in [0.15, 0.2) is 0 Å². The van der Waals surface area contributed by atoms with Crippen molar-refractivity contribution in [2.45, 2.75) is 61.0 Å². The van der Waals surface area contributed by atoms with Crippen molar-refractivity contribution in [3.05, 3.63) is 52.4 Å². The zero-order valence-corrected chi connectivity index (χ0v) is 20.2. The second-order valence-corrected chi connectivity index (χ2v) is 8.58. The number of allylic oxidation sites excluding steroid dienone is 2. The van der Waals surface area contributed by atoms with Crippen LogP contribution in [0.5, 0.6) is 0 Å². The first-order valence-corrected chi connectivity index (χ1v) is 10.8. The second-order valence-electron chi connectivity index (χ2n) is 8.58. The van der Waals surface area contributed by atoms with Gasteiger partial charge in [-0.1, -0.05) is 17.7 Å². The van der Waals surface area contributed by atoms with E-state index in [-0.39, 0.29) is 24.4 Å². The molecule has 1 aromatic rings. The van der Waals surface area contributed by atoms with Crippen LogP contribution >= 0.6 is 0 Å². The minimum atomic E-state index is -1.26. The maximum atomic E-state index is 13.3. The Bertz CT molecular complexity index is 908. The minimum Gasteiger partial charge on any atom is -0.463 e. The Labute approximate surface area is 190 Å². The SMILES string of the molecule is CCOC(=O)C1=C(C)N(c2ccc(C)cc2)C(C)=C(C(=O)OCC)C1C(=O)OC(C)(C)C. The highest BCUT2D eigenvalue weighted by Gasteiger charge is 2.45. The number of anilines is 1. The molecule has 0 radical (unpaired) electrons. The number of esters is 3. The molecule has 1 aliphatic rings. The van der Waals surface area contributed by atoms with Gasteiger partial charge in [-0.05, 0) is 67.5 Å². The van der Waals surface area contributed by atoms with Gasteiger partial charge in [0.25, 0.3) is 0 Å². The molecule has 7 nitrogen and oxygen atoms in total. The summed E-state index contributed by atoms with van der Waals surface area (Å²) >= 11 is 0. The molecule has 0 spiro atoms. The van der Waals surface area contributed by atoms with Crippen molar-refractivity contribution in [3.63, 3.8) is 0 Å². The predicted molar refractivity (Wildman–Crippen MR) is 122 cm³/mol. The van der Waals surface area contributed by atoms with E-state index in [0.29, 0.717) is 11.4 Å². The fraction of sp³-hybridized carbons (Fsp3) is 0.480. The summed E-state index contributed by atoms with van der Waals surface area (Å²) in [4.78, 5) is 41.2. The molecular formula is C25H33NO6. The lowest BCUT2D eigenvalue weighted by atomic mass is 9.84. The van der Waals surface area contributed by atoms with Crippen LogP contribution in [0.1, 0.15) is 54.0 Å². The predicted octanol–water partition coefficient (Wildman–Crippen LogP) is 4.45. The van der Waals surface area contributed by atoms with Gasteiger partial charge in [0.2, 0.25) is 0 Å². The van der Waals surface area contributed by atoms with Crippen LogP contribution < -0.4 is 4.90 Å². The van der Waals surface area contributed by atoms with Gasteiger partial charge in [-0.2, -0.15) is 0 Å². The molecule has 0 bridgehead atoms. The van der Waals surface area contributed by atoms with Gasteiger partial charge >= 0.3 is 17.9 Å². The van der Waals surface area contributed by atoms with Gasteiger partial charge in [-0.3, -0.25) is 4.79 Å². The van der Waals surface area contributed by atoms with E-state index in [9.17, 15) is 14.4 Å². The van der Waals surface area contributed by atoms with Crippen LogP contribution in [-0.4, -0.2) is 36.7 Å². The largest absolute Gasteiger partial charge is 0.463 e. The van der Waals surface area contributed by atoms with Gasteiger partial charge in [-0.15, -0.1) is 0 Å². The van der Waals surface area contributed by atoms with Crippen molar-refractivity contribution in [2.75, 3.05) is 18.1 Å². The first-order chi connectivity index (χ1) is 14.9. The van der Waals surface area contributed by atoms with Gasteiger partial charge in [-0.25, -0.2) is 9.59 Å². The van der Waals surface area contributed by atoms with Crippen molar-refractivity contribution < 1.29 is 28.6 Å². The highest BCUT2D eigenvalue weighted by atomic mass is 16.6. The molecule has 0 aromatic heterocycles. The molecule has 0 saturated heterocycles. The lowest BCUT2D eigenvalue weighted by Crippen LogP contribution is -2.41. The average molecular weight is 444 g/mol. The van der Waals surface area contributed by atoms with Crippen LogP contribution in [0.15, 0.2) is 46.8 Å². The fourth-order valence-corrected chi connectivity index (χ4v) is 3.68. The molecule has 1 heterocycles. The van der Waals surface area contributed by atoms with E-state index >= 15 is 0 Å². The third-order valence-electron chi connectivity index (χ3n) is 4.95. The van der Waals surface area contributed by atoms with Crippen LogP contribution in [-0.2, 0) is 28.6 Å². The molecule has 0 amide bonds. The van der Waals surface area contributed by atoms with E-state index in [1.807, 2.05) is 31.2 Å². The Kier molecular flexibility index (Phi) is 7.88. The first kappa shape index (κ1) is 25.2. The van der Waals surface area contributed by atoms with E-state index in [2.05, 4.69) is 0 Å². The number of nitrogens with zero attached hydrogens (tertiary/aromatic N) is 1. The lowest BCUT2D eigenvalue weighted by Gasteiger charge is -2.37. The quantitative estimate of drug-likeness (QED) is 0.475. The van der Waals surface area contributed by atoms with Gasteiger partial charge in [0.05, 0.1) is 24.4 Å². The van der Waals surface area contributed by atoms with Crippen molar-refractivity contribution in [2.24, 2.45) is 5.92 Å². The summed E-state index contributed by atoms with van der Waals surface area (Å²) in [6, 6.07) is 7.65. The van der Waals surface area contributed by atoms with Crippen LogP contribution in [0.25, 0.3) is 0 Å². The summed E-state index contributed by atoms with van der Waals surface area (Å²) in [5.41, 5.74) is 2.12. The van der Waals surface area contributed by atoms with Crippen molar-refractivity contribution in [1.82, 2.24) is 0 Å². The molecule has 0 unspecified atom stereocenters. The number of carbonyl (C=O) groups is 3. The van der Waals surface area contributed by atoms with Crippen LogP contribution in [0, 0.1) is 12.8 Å². The number of carbonyl (C=O) groups excluding carboxylic acids is 3. The summed E-state index contributed by atoms with van der Waals surface area (Å²) in [7, 11) is 0. The van der Waals surface area contributed by atoms with E-state index in [4.69, 9.17) is 14.2 Å². The van der Waals surface area contributed by atoms with Crippen molar-refractivity contribution in [3.8, 4) is 0 Å². The Morgan fingerprint density at radius 2 is 1.28 bits per heavy atom. The molecule has 7 heteroatoms. The first-order valence-electron chi connectivity index (χ1n) is 10.8. The number of benzene rings is 1. The van der Waals surface area contributed by atoms with Crippen molar-refractivity contribution >= 4 is 23.6 Å². The zero-order valence-electron chi connectivity index (χ0n) is 20.2. The average Bonchev–Trinajstić information content (AvgIpc) is 2.67. The molecule has 0 aliphatic carbocycles. The maximum Gasteiger partial charge on any atom is 0.337 e. The third-order valence-corrected chi connectivity index (χ3v) is 4.95. The second kappa shape index (κ2) is 10.0. The summed E-state index contributed by atoms with van der Waals surface area (Å²) in [5, 5.41) is 0. The summed E-state index contributed by atoms with van der Waals surface area (Å²) in [6.45, 7) is 14.2. The Hall–Kier alpha value is -3.09. The summed E-state index contributed by atoms with van der Waals surface area (Å²) < 4.78 is 16.2. The van der Waals surface area contributed by atoms with E-state index in [1.165, 1.54) is 0 Å². The zero-order chi connectivity index (χ0) is 24.2. The molecule has 174 valence electrons. The maximum absolute atomic E-state index is 13.3. The Morgan fingerprint density at radius 3 is 1.66 bits per heavy atom. The van der Waals surface area contributed by atoms with E-state index < -0.39 is 29.4 Å². The lowest BCUT2D eigenvalue weighted by molar-refractivity contribution is -0.160. The molecule has 0 fully saturated rings. The topological polar surface area (TPSA) is 82.1 Å². The number of rotatable bonds is 6. The van der Waals surface area contributed by atoms with Gasteiger partial charge in [0.1, 0.15) is 11.5 Å². The number of hydrogen-bond donors (Lipinski definition) is 0. The molecule has 0 saturated carbocycles. The van der Waals surface area contributed by atoms with Gasteiger partial charge in [0, 0.05) is 17.1 Å². The molecule has 1 aromatic carbocycles. The standard InChI is InChI=1S/C25H33NO6/c1-9-30-22(27)19-16(4)26(18-13-11-15(3)12-14-18)17(5)20(23(28)31-10-2)21(19)24(29)32-25(6,7)8/h11-14,21H,9-10H2,1-8H3. The minimum absolute atomic E-state index is 0.0651. The van der Waals surface area contributed by atoms with Crippen molar-refractivity contribution in [1.29, 1.82) is 0 Å². The fourth-order valence-electron chi connectivity index (χ4n) is 3.68. The van der Waals surface area contributed by atoms with E-state index in [1.54, 1.807) is 53.4 Å². The van der Waals surface area contributed by atoms with Crippen LogP contribution in [0.2, 0.25) is 0 Å². The van der Waals surface area contributed by atoms with Gasteiger partial charge < -0.3 is 19.1 Å². The monoisotopic (exact) mass is 443 g/mol. The van der Waals surface area contributed by atoms with Crippen LogP contribution in [0.4, 0.5) is 5.69 Å². The smallest absolute Gasteiger partial charge is 0.337 e. The number of hydrogen-bond acceptors (Lipinski definition) is 7.